The van der Waals surface area contributed by atoms with Gasteiger partial charge >= 0.3 is 129 Å². The van der Waals surface area contributed by atoms with E-state index in [0.29, 0.717) is 0 Å². The molecule has 1 aliphatic rings. The summed E-state index contributed by atoms with van der Waals surface area (Å²) in [5, 5.41) is 0.232. The van der Waals surface area contributed by atoms with E-state index in [1.807, 2.05) is 31.1 Å². The molecule has 2 rings (SSSR count). The van der Waals surface area contributed by atoms with E-state index >= 15 is 0 Å². The first kappa shape index (κ1) is 15.0. The molecule has 1 aromatic rings. The number of amides is 2. The van der Waals surface area contributed by atoms with Crippen molar-refractivity contribution in [1.29, 1.82) is 0 Å². The van der Waals surface area contributed by atoms with Gasteiger partial charge < -0.3 is 0 Å². The Kier molecular flexibility index (Phi) is 4.13. The summed E-state index contributed by atoms with van der Waals surface area (Å²) in [7, 11) is 7.13. The van der Waals surface area contributed by atoms with Crippen LogP contribution < -0.4 is 4.90 Å². The molecule has 1 saturated heterocycles. The van der Waals surface area contributed by atoms with Gasteiger partial charge in [0.15, 0.2) is 0 Å². The Hall–Kier alpha value is -1.43. The zero-order valence-electron chi connectivity index (χ0n) is 11.7. The summed E-state index contributed by atoms with van der Waals surface area (Å²) in [5.74, 6) is -0.679. The van der Waals surface area contributed by atoms with Crippen LogP contribution in [0.2, 0.25) is 0 Å². The van der Waals surface area contributed by atoms with Crippen LogP contribution in [0.15, 0.2) is 17.7 Å². The number of nitrogens with zero attached hydrogens (tertiary/aromatic N) is 3. The van der Waals surface area contributed by atoms with Crippen LogP contribution in [0.1, 0.15) is 4.44 Å². The molecular formula is C13H15N3O2SSe. The van der Waals surface area contributed by atoms with Crippen molar-refractivity contribution in [2.45, 2.75) is 0 Å². The van der Waals surface area contributed by atoms with E-state index in [-0.39, 0.29) is 37.0 Å². The summed E-state index contributed by atoms with van der Waals surface area (Å²) < 4.78 is 2.21. The van der Waals surface area contributed by atoms with Crippen molar-refractivity contribution in [3.05, 3.63) is 22.1 Å². The van der Waals surface area contributed by atoms with Crippen molar-refractivity contribution in [1.82, 2.24) is 9.80 Å². The molecule has 0 saturated carbocycles. The molecule has 1 aromatic heterocycles. The van der Waals surface area contributed by atoms with Gasteiger partial charge in [-0.25, -0.2) is 0 Å². The average Bonchev–Trinajstić information content (AvgIpc) is 2.88. The number of carbonyl (C=O) groups excluding carboxylic acids is 2. The van der Waals surface area contributed by atoms with Crippen molar-refractivity contribution in [2.24, 2.45) is 0 Å². The molecule has 0 radical (unpaired) electrons. The molecule has 0 aliphatic carbocycles. The van der Waals surface area contributed by atoms with Crippen molar-refractivity contribution in [3.63, 3.8) is 0 Å². The summed E-state index contributed by atoms with van der Waals surface area (Å²) in [6.07, 6.45) is 1.69. The number of thiocarbonyl (C=S) groups is 1. The number of hydrogen-bond acceptors (Lipinski definition) is 4. The van der Waals surface area contributed by atoms with Crippen LogP contribution >= 0.6 is 12.2 Å². The van der Waals surface area contributed by atoms with Crippen LogP contribution in [0.4, 0.5) is 4.56 Å². The van der Waals surface area contributed by atoms with Crippen LogP contribution in [0.3, 0.4) is 0 Å². The van der Waals surface area contributed by atoms with Gasteiger partial charge in [-0.05, 0) is 0 Å². The molecule has 5 nitrogen and oxygen atoms in total. The van der Waals surface area contributed by atoms with Gasteiger partial charge in [0.05, 0.1) is 0 Å². The maximum absolute atomic E-state index is 12.2. The van der Waals surface area contributed by atoms with Gasteiger partial charge in [0.25, 0.3) is 0 Å². The Labute approximate surface area is 129 Å². The van der Waals surface area contributed by atoms with Crippen LogP contribution in [-0.4, -0.2) is 69.4 Å². The Morgan fingerprint density at radius 3 is 2.15 bits per heavy atom. The van der Waals surface area contributed by atoms with Gasteiger partial charge in [-0.2, -0.15) is 0 Å². The first-order valence-electron chi connectivity index (χ1n) is 5.92. The maximum atomic E-state index is 12.2. The zero-order valence-corrected chi connectivity index (χ0v) is 14.2. The first-order chi connectivity index (χ1) is 9.32. The first-order valence-corrected chi connectivity index (χ1v) is 8.04. The molecule has 0 bridgehead atoms. The molecule has 2 amide bonds. The third-order valence-corrected chi connectivity index (χ3v) is 6.05. The molecule has 0 aromatic carbocycles. The van der Waals surface area contributed by atoms with Crippen LogP contribution in [-0.2, 0) is 9.59 Å². The molecule has 1 aliphatic heterocycles. The number of anilines is 1. The summed E-state index contributed by atoms with van der Waals surface area (Å²) in [5.41, 5.74) is 0.171. The average molecular weight is 356 g/mol. The minimum absolute atomic E-state index is 0.117. The molecule has 0 atom stereocenters. The Balaban J connectivity index is 2.38. The van der Waals surface area contributed by atoms with Crippen molar-refractivity contribution in [3.8, 4) is 0 Å². The van der Waals surface area contributed by atoms with Gasteiger partial charge in [-0.1, -0.05) is 0 Å². The van der Waals surface area contributed by atoms with Crippen molar-refractivity contribution in [2.75, 3.05) is 33.1 Å². The second kappa shape index (κ2) is 5.52. The minimum atomic E-state index is -0.340. The Bertz CT molecular complexity index is 595. The van der Waals surface area contributed by atoms with E-state index in [1.54, 1.807) is 20.2 Å². The number of carbonyl (C=O) groups is 2. The SMILES string of the molecule is CN1C(=O)C(=Cc2ccc(N(C)C)[se]2)C(=O)N(C)C1=S. The standard InChI is InChI=1S/C13H15N3O2SSe/c1-14(2)10-6-5-8(20-10)7-9-11(17)15(3)13(19)16(4)12(9)18/h5-7H,1-4H3. The molecule has 0 spiro atoms. The van der Waals surface area contributed by atoms with Gasteiger partial charge in [0.1, 0.15) is 0 Å². The summed E-state index contributed by atoms with van der Waals surface area (Å²) >= 11 is 5.17. The number of likely N-dealkylation sites (N-methyl/N-ethyl adjacent to an activating group) is 2. The normalized spacial score (nSPS) is 16.0. The number of rotatable bonds is 2. The summed E-state index contributed by atoms with van der Waals surface area (Å²) in [6.45, 7) is 0. The summed E-state index contributed by atoms with van der Waals surface area (Å²) in [4.78, 5) is 29.0. The van der Waals surface area contributed by atoms with Crippen molar-refractivity contribution >= 4 is 54.3 Å². The van der Waals surface area contributed by atoms with Gasteiger partial charge in [-0.3, -0.25) is 0 Å². The van der Waals surface area contributed by atoms with Crippen LogP contribution in [0.5, 0.6) is 0 Å². The predicted octanol–water partition coefficient (Wildman–Crippen LogP) is 0.408. The van der Waals surface area contributed by atoms with E-state index < -0.39 is 0 Å². The fourth-order valence-electron chi connectivity index (χ4n) is 1.78. The van der Waals surface area contributed by atoms with Gasteiger partial charge in [0, 0.05) is 0 Å². The van der Waals surface area contributed by atoms with Gasteiger partial charge in [-0.15, -0.1) is 0 Å². The zero-order chi connectivity index (χ0) is 15.0. The molecule has 106 valence electrons. The van der Waals surface area contributed by atoms with Gasteiger partial charge in [0.2, 0.25) is 0 Å². The van der Waals surface area contributed by atoms with Crippen LogP contribution in [0, 0.1) is 0 Å². The monoisotopic (exact) mass is 357 g/mol. The second-order valence-electron chi connectivity index (χ2n) is 4.64. The molecule has 0 unspecified atom stereocenters. The van der Waals surface area contributed by atoms with E-state index in [2.05, 4.69) is 0 Å². The molecule has 20 heavy (non-hydrogen) atoms. The third kappa shape index (κ3) is 2.57. The number of hydrogen-bond donors (Lipinski definition) is 0. The van der Waals surface area contributed by atoms with E-state index in [1.165, 1.54) is 14.4 Å². The quantitative estimate of drug-likeness (QED) is 0.333. The molecule has 0 N–H and O–H groups in total. The van der Waals surface area contributed by atoms with E-state index in [0.717, 1.165) is 4.44 Å². The summed E-state index contributed by atoms with van der Waals surface area (Å²) in [6, 6.07) is 3.97. The third-order valence-electron chi connectivity index (χ3n) is 2.98. The van der Waals surface area contributed by atoms with E-state index in [9.17, 15) is 9.59 Å². The second-order valence-corrected chi connectivity index (χ2v) is 7.30. The Morgan fingerprint density at radius 1 is 1.15 bits per heavy atom. The fraction of sp³-hybridized carbons (Fsp3) is 0.308. The molecule has 1 fully saturated rings. The van der Waals surface area contributed by atoms with E-state index in [4.69, 9.17) is 12.2 Å². The molecule has 2 heterocycles. The molecule has 7 heteroatoms. The van der Waals surface area contributed by atoms with Crippen LogP contribution in [0.25, 0.3) is 6.08 Å². The predicted molar refractivity (Wildman–Crippen MR) is 83.8 cm³/mol. The molecular weight excluding hydrogens is 341 g/mol. The Morgan fingerprint density at radius 2 is 1.70 bits per heavy atom. The van der Waals surface area contributed by atoms with Crippen molar-refractivity contribution < 1.29 is 9.59 Å². The topological polar surface area (TPSA) is 43.9 Å². The fourth-order valence-corrected chi connectivity index (χ4v) is 3.77.